The zero-order valence-electron chi connectivity index (χ0n) is 28.8. The van der Waals surface area contributed by atoms with Crippen molar-refractivity contribution in [3.63, 3.8) is 0 Å². The molecule has 1 heterocycles. The number of unbranched alkanes of at least 4 members (excludes halogenated alkanes) is 18. The van der Waals surface area contributed by atoms with Gasteiger partial charge in [0, 0.05) is 6.08 Å². The van der Waals surface area contributed by atoms with Crippen molar-refractivity contribution in [2.24, 2.45) is 10.2 Å². The summed E-state index contributed by atoms with van der Waals surface area (Å²) in [6, 6.07) is 5.78. The summed E-state index contributed by atoms with van der Waals surface area (Å²) in [6.45, 7) is 5.84. The van der Waals surface area contributed by atoms with Crippen LogP contribution in [0.4, 0.5) is 0 Å². The maximum absolute atomic E-state index is 12.0. The molecule has 1 N–H and O–H groups in total. The van der Waals surface area contributed by atoms with Crippen molar-refractivity contribution in [1.29, 1.82) is 0 Å². The summed E-state index contributed by atoms with van der Waals surface area (Å²) in [5.74, 6) is 0.466. The first-order chi connectivity index (χ1) is 22.6. The quantitative estimate of drug-likeness (QED) is 0.0332. The van der Waals surface area contributed by atoms with Crippen LogP contribution >= 0.6 is 11.8 Å². The lowest BCUT2D eigenvalue weighted by Gasteiger charge is -2.14. The van der Waals surface area contributed by atoms with Gasteiger partial charge in [0.05, 0.1) is 31.4 Å². The normalized spacial score (nSPS) is 14.8. The second-order valence-corrected chi connectivity index (χ2v) is 13.0. The van der Waals surface area contributed by atoms with Crippen molar-refractivity contribution < 1.29 is 23.8 Å². The molecule has 1 aromatic carbocycles. The maximum Gasteiger partial charge on any atom is 0.331 e. The van der Waals surface area contributed by atoms with Crippen LogP contribution in [0.25, 0.3) is 0 Å². The lowest BCUT2D eigenvalue weighted by atomic mass is 10.1. The lowest BCUT2D eigenvalue weighted by Crippen LogP contribution is -2.19. The van der Waals surface area contributed by atoms with Gasteiger partial charge in [-0.2, -0.15) is 5.10 Å². The standard InChI is InChI=1S/C37H59N3O5S/c1-4-6-8-10-12-14-16-18-20-22-26-44-32-25-24-31(30-38-40-37-39-36(42)34(46-37)29-35(41)43-3)28-33(32)45-27-23-21-19-17-15-13-11-9-7-5-2/h24-25,28-30H,4-23,26-27H2,1-3H3,(H,39,40,42)/b34-29+,38-30?. The predicted molar refractivity (Wildman–Crippen MR) is 192 cm³/mol. The first kappa shape index (κ1) is 39.4. The number of amides is 1. The van der Waals surface area contributed by atoms with Gasteiger partial charge < -0.3 is 14.2 Å². The third-order valence-electron chi connectivity index (χ3n) is 7.94. The zero-order chi connectivity index (χ0) is 33.1. The number of rotatable bonds is 27. The van der Waals surface area contributed by atoms with E-state index >= 15 is 0 Å². The molecule has 0 spiro atoms. The highest BCUT2D eigenvalue weighted by atomic mass is 32.2. The summed E-state index contributed by atoms with van der Waals surface area (Å²) in [6.07, 6.45) is 28.4. The van der Waals surface area contributed by atoms with Gasteiger partial charge in [0.25, 0.3) is 5.91 Å². The zero-order valence-corrected chi connectivity index (χ0v) is 29.6. The number of esters is 1. The largest absolute Gasteiger partial charge is 0.490 e. The van der Waals surface area contributed by atoms with Crippen molar-refractivity contribution in [2.45, 2.75) is 142 Å². The van der Waals surface area contributed by atoms with E-state index in [-0.39, 0.29) is 4.91 Å². The molecule has 0 aliphatic carbocycles. The highest BCUT2D eigenvalue weighted by Crippen LogP contribution is 2.29. The van der Waals surface area contributed by atoms with Gasteiger partial charge in [-0.15, -0.1) is 5.10 Å². The fraction of sp³-hybridized carbons (Fsp3) is 0.676. The van der Waals surface area contributed by atoms with Gasteiger partial charge in [0.1, 0.15) is 0 Å². The highest BCUT2D eigenvalue weighted by Gasteiger charge is 2.25. The minimum atomic E-state index is -0.594. The van der Waals surface area contributed by atoms with E-state index in [1.807, 2.05) is 18.2 Å². The predicted octanol–water partition coefficient (Wildman–Crippen LogP) is 9.90. The van der Waals surface area contributed by atoms with Crippen LogP contribution in [-0.4, -0.2) is 43.6 Å². The molecule has 0 bridgehead atoms. The Bertz CT molecular complexity index is 1090. The van der Waals surface area contributed by atoms with Crippen molar-refractivity contribution in [2.75, 3.05) is 20.3 Å². The summed E-state index contributed by atoms with van der Waals surface area (Å²) in [5, 5.41) is 11.1. The van der Waals surface area contributed by atoms with E-state index < -0.39 is 11.9 Å². The van der Waals surface area contributed by atoms with Gasteiger partial charge in [-0.3, -0.25) is 10.1 Å². The van der Waals surface area contributed by atoms with Crippen molar-refractivity contribution in [3.05, 3.63) is 34.7 Å². The molecular formula is C37H59N3O5S. The number of ether oxygens (including phenoxy) is 3. The van der Waals surface area contributed by atoms with E-state index in [1.54, 1.807) is 6.21 Å². The van der Waals surface area contributed by atoms with Crippen LogP contribution in [0.5, 0.6) is 11.5 Å². The lowest BCUT2D eigenvalue weighted by molar-refractivity contribution is -0.135. The minimum Gasteiger partial charge on any atom is -0.490 e. The van der Waals surface area contributed by atoms with E-state index in [4.69, 9.17) is 9.47 Å². The third-order valence-corrected chi connectivity index (χ3v) is 8.84. The van der Waals surface area contributed by atoms with Crippen LogP contribution in [0.2, 0.25) is 0 Å². The second kappa shape index (κ2) is 26.3. The number of thioether (sulfide) groups is 1. The number of carbonyl (C=O) groups excluding carboxylic acids is 2. The molecule has 0 radical (unpaired) electrons. The maximum atomic E-state index is 12.0. The Kier molecular flexibility index (Phi) is 22.5. The molecule has 0 unspecified atom stereocenters. The number of benzene rings is 1. The number of hydrogen-bond acceptors (Lipinski definition) is 8. The first-order valence-electron chi connectivity index (χ1n) is 17.9. The summed E-state index contributed by atoms with van der Waals surface area (Å²) < 4.78 is 17.0. The molecule has 258 valence electrons. The van der Waals surface area contributed by atoms with Gasteiger partial charge in [-0.1, -0.05) is 129 Å². The van der Waals surface area contributed by atoms with Crippen LogP contribution < -0.4 is 14.8 Å². The number of nitrogens with zero attached hydrogens (tertiary/aromatic N) is 2. The Balaban J connectivity index is 1.84. The molecule has 9 heteroatoms. The molecule has 1 aliphatic rings. The molecule has 1 fully saturated rings. The SMILES string of the molecule is CCCCCCCCCCCCOc1ccc(C=N/N=C2/NC(=O)/C(=C\C(=O)OC)S2)cc1OCCCCCCCCCCCC. The van der Waals surface area contributed by atoms with Gasteiger partial charge in [-0.05, 0) is 48.4 Å². The Labute approximate surface area is 282 Å². The number of nitrogens with one attached hydrogen (secondary N) is 1. The molecule has 8 nitrogen and oxygen atoms in total. The summed E-state index contributed by atoms with van der Waals surface area (Å²) in [4.78, 5) is 23.7. The van der Waals surface area contributed by atoms with Crippen LogP contribution in [0.1, 0.15) is 148 Å². The minimum absolute atomic E-state index is 0.215. The molecule has 2 rings (SSSR count). The molecule has 1 saturated heterocycles. The highest BCUT2D eigenvalue weighted by molar-refractivity contribution is 8.18. The van der Waals surface area contributed by atoms with Crippen LogP contribution in [-0.2, 0) is 14.3 Å². The van der Waals surface area contributed by atoms with Crippen LogP contribution in [0.15, 0.2) is 39.4 Å². The fourth-order valence-electron chi connectivity index (χ4n) is 5.17. The fourth-order valence-corrected chi connectivity index (χ4v) is 5.91. The number of methoxy groups -OCH3 is 1. The Morgan fingerprint density at radius 2 is 1.24 bits per heavy atom. The first-order valence-corrected chi connectivity index (χ1v) is 18.7. The molecule has 0 atom stereocenters. The molecule has 0 saturated carbocycles. The third kappa shape index (κ3) is 18.4. The van der Waals surface area contributed by atoms with E-state index in [0.29, 0.717) is 24.1 Å². The van der Waals surface area contributed by atoms with Crippen molar-refractivity contribution in [1.82, 2.24) is 5.32 Å². The number of hydrogen-bond donors (Lipinski definition) is 1. The van der Waals surface area contributed by atoms with E-state index in [0.717, 1.165) is 48.4 Å². The molecule has 1 amide bonds. The van der Waals surface area contributed by atoms with E-state index in [9.17, 15) is 9.59 Å². The average molecular weight is 658 g/mol. The number of carbonyl (C=O) groups is 2. The van der Waals surface area contributed by atoms with Crippen LogP contribution in [0.3, 0.4) is 0 Å². The van der Waals surface area contributed by atoms with Crippen molar-refractivity contribution >= 4 is 35.0 Å². The Morgan fingerprint density at radius 1 is 0.739 bits per heavy atom. The molecule has 0 aromatic heterocycles. The molecule has 46 heavy (non-hydrogen) atoms. The van der Waals surface area contributed by atoms with E-state index in [1.165, 1.54) is 116 Å². The topological polar surface area (TPSA) is 98.6 Å². The van der Waals surface area contributed by atoms with Gasteiger partial charge in [0.15, 0.2) is 16.7 Å². The Morgan fingerprint density at radius 3 is 1.76 bits per heavy atom. The molecule has 1 aromatic rings. The Hall–Kier alpha value is -2.81. The second-order valence-electron chi connectivity index (χ2n) is 12.0. The van der Waals surface area contributed by atoms with Gasteiger partial charge in [0.2, 0.25) is 0 Å². The summed E-state index contributed by atoms with van der Waals surface area (Å²) in [5.41, 5.74) is 0.813. The van der Waals surface area contributed by atoms with Gasteiger partial charge >= 0.3 is 5.97 Å². The summed E-state index contributed by atoms with van der Waals surface area (Å²) in [7, 11) is 1.26. The van der Waals surface area contributed by atoms with E-state index in [2.05, 4.69) is 34.1 Å². The molecular weight excluding hydrogens is 598 g/mol. The average Bonchev–Trinajstić information content (AvgIpc) is 3.40. The molecule has 1 aliphatic heterocycles. The van der Waals surface area contributed by atoms with Crippen molar-refractivity contribution in [3.8, 4) is 11.5 Å². The number of amidine groups is 1. The monoisotopic (exact) mass is 657 g/mol. The smallest absolute Gasteiger partial charge is 0.331 e. The van der Waals surface area contributed by atoms with Gasteiger partial charge in [-0.25, -0.2) is 4.79 Å². The van der Waals surface area contributed by atoms with Crippen LogP contribution in [0, 0.1) is 0 Å². The summed E-state index contributed by atoms with van der Waals surface area (Å²) >= 11 is 1.04.